The minimum atomic E-state index is 1.03. The highest BCUT2D eigenvalue weighted by atomic mass is 14.0. The average Bonchev–Trinajstić information content (AvgIpc) is 2.03. The summed E-state index contributed by atoms with van der Waals surface area (Å²) in [7, 11) is 0. The molecule has 66 valence electrons. The predicted octanol–water partition coefficient (Wildman–Crippen LogP) is 4.03. The summed E-state index contributed by atoms with van der Waals surface area (Å²) in [6, 6.07) is 0. The third-order valence-corrected chi connectivity index (χ3v) is 1.76. The summed E-state index contributed by atoms with van der Waals surface area (Å²) in [5.41, 5.74) is 3.57. The maximum atomic E-state index is 3.91. The third kappa shape index (κ3) is 2.91. The number of allylic oxidation sites excluding steroid dienone is 6. The van der Waals surface area contributed by atoms with Gasteiger partial charge in [0.15, 0.2) is 0 Å². The average molecular weight is 162 g/mol. The SMILES string of the molecule is C=C/C(C(=C)C)=C(\C=C/C)CC. The van der Waals surface area contributed by atoms with Crippen molar-refractivity contribution in [3.05, 3.63) is 48.1 Å². The van der Waals surface area contributed by atoms with Crippen LogP contribution in [0.15, 0.2) is 48.1 Å². The van der Waals surface area contributed by atoms with Gasteiger partial charge in [0.05, 0.1) is 0 Å². The van der Waals surface area contributed by atoms with Crippen LogP contribution in [0.3, 0.4) is 0 Å². The van der Waals surface area contributed by atoms with Crippen molar-refractivity contribution in [2.24, 2.45) is 0 Å². The Balaban J connectivity index is 5.00. The second-order valence-electron chi connectivity index (χ2n) is 2.78. The molecule has 0 aromatic rings. The zero-order valence-electron chi connectivity index (χ0n) is 8.35. The monoisotopic (exact) mass is 162 g/mol. The highest BCUT2D eigenvalue weighted by Crippen LogP contribution is 2.17. The zero-order valence-corrected chi connectivity index (χ0v) is 8.35. The first-order valence-electron chi connectivity index (χ1n) is 4.31. The first kappa shape index (κ1) is 11.0. The Hall–Kier alpha value is -1.04. The molecule has 0 amide bonds. The Labute approximate surface area is 76.0 Å². The number of hydrogen-bond donors (Lipinski definition) is 0. The van der Waals surface area contributed by atoms with Gasteiger partial charge >= 0.3 is 0 Å². The van der Waals surface area contributed by atoms with E-state index in [4.69, 9.17) is 0 Å². The molecule has 0 N–H and O–H groups in total. The molecule has 0 nitrogen and oxygen atoms in total. The molecule has 0 aromatic carbocycles. The van der Waals surface area contributed by atoms with E-state index in [0.29, 0.717) is 0 Å². The molecular formula is C12H18. The molecule has 12 heavy (non-hydrogen) atoms. The summed E-state index contributed by atoms with van der Waals surface area (Å²) in [6.45, 7) is 13.9. The summed E-state index contributed by atoms with van der Waals surface area (Å²) < 4.78 is 0. The highest BCUT2D eigenvalue weighted by molar-refractivity contribution is 5.44. The molecule has 0 fully saturated rings. The fraction of sp³-hybridized carbons (Fsp3) is 0.333. The van der Waals surface area contributed by atoms with E-state index in [1.165, 1.54) is 11.1 Å². The molecule has 0 aromatic heterocycles. The van der Waals surface area contributed by atoms with E-state index in [9.17, 15) is 0 Å². The molecule has 0 rings (SSSR count). The van der Waals surface area contributed by atoms with Crippen molar-refractivity contribution in [1.82, 2.24) is 0 Å². The largest absolute Gasteiger partial charge is 0.0985 e. The quantitative estimate of drug-likeness (QED) is 0.547. The van der Waals surface area contributed by atoms with Crippen LogP contribution in [0.5, 0.6) is 0 Å². The van der Waals surface area contributed by atoms with E-state index in [0.717, 1.165) is 12.0 Å². The standard InChI is InChI=1S/C12H18/c1-6-9-11(7-2)12(8-3)10(4)5/h6,8-9H,3-4,7H2,1-2,5H3/b9-6-,12-11+. The normalized spacial score (nSPS) is 12.9. The maximum absolute atomic E-state index is 3.91. The van der Waals surface area contributed by atoms with Gasteiger partial charge in [-0.2, -0.15) is 0 Å². The van der Waals surface area contributed by atoms with Gasteiger partial charge in [0.1, 0.15) is 0 Å². The van der Waals surface area contributed by atoms with Gasteiger partial charge in [0.25, 0.3) is 0 Å². The van der Waals surface area contributed by atoms with Gasteiger partial charge in [-0.1, -0.05) is 43.9 Å². The summed E-state index contributed by atoms with van der Waals surface area (Å²) in [5.74, 6) is 0. The Morgan fingerprint density at radius 2 is 2.00 bits per heavy atom. The summed E-state index contributed by atoms with van der Waals surface area (Å²) in [6.07, 6.45) is 7.07. The summed E-state index contributed by atoms with van der Waals surface area (Å²) >= 11 is 0. The second kappa shape index (κ2) is 5.59. The fourth-order valence-corrected chi connectivity index (χ4v) is 1.18. The van der Waals surface area contributed by atoms with Crippen LogP contribution in [-0.4, -0.2) is 0 Å². The maximum Gasteiger partial charge on any atom is -0.0207 e. The third-order valence-electron chi connectivity index (χ3n) is 1.76. The van der Waals surface area contributed by atoms with E-state index in [1.807, 2.05) is 26.0 Å². The molecule has 0 saturated heterocycles. The fourth-order valence-electron chi connectivity index (χ4n) is 1.18. The van der Waals surface area contributed by atoms with Crippen LogP contribution in [-0.2, 0) is 0 Å². The summed E-state index contributed by atoms with van der Waals surface area (Å²) in [5, 5.41) is 0. The van der Waals surface area contributed by atoms with Crippen LogP contribution >= 0.6 is 0 Å². The second-order valence-corrected chi connectivity index (χ2v) is 2.78. The molecule has 0 atom stereocenters. The van der Waals surface area contributed by atoms with Gasteiger partial charge in [-0.15, -0.1) is 0 Å². The number of rotatable bonds is 4. The van der Waals surface area contributed by atoms with Crippen molar-refractivity contribution < 1.29 is 0 Å². The van der Waals surface area contributed by atoms with E-state index < -0.39 is 0 Å². The number of hydrogen-bond acceptors (Lipinski definition) is 0. The Kier molecular flexibility index (Phi) is 5.11. The molecule has 0 radical (unpaired) electrons. The van der Waals surface area contributed by atoms with Gasteiger partial charge in [-0.3, -0.25) is 0 Å². The molecule has 0 heteroatoms. The lowest BCUT2D eigenvalue weighted by Gasteiger charge is -2.05. The lowest BCUT2D eigenvalue weighted by atomic mass is 10.00. The first-order chi connectivity index (χ1) is 5.67. The van der Waals surface area contributed by atoms with Crippen LogP contribution in [0.4, 0.5) is 0 Å². The molecule has 0 aliphatic heterocycles. The Morgan fingerprint density at radius 3 is 2.25 bits per heavy atom. The lowest BCUT2D eigenvalue weighted by Crippen LogP contribution is -1.86. The van der Waals surface area contributed by atoms with Crippen molar-refractivity contribution >= 4 is 0 Å². The van der Waals surface area contributed by atoms with Crippen LogP contribution in [0.25, 0.3) is 0 Å². The Morgan fingerprint density at radius 1 is 1.42 bits per heavy atom. The van der Waals surface area contributed by atoms with Crippen LogP contribution in [0.2, 0.25) is 0 Å². The molecular weight excluding hydrogens is 144 g/mol. The van der Waals surface area contributed by atoms with E-state index in [-0.39, 0.29) is 0 Å². The van der Waals surface area contributed by atoms with Crippen molar-refractivity contribution in [2.45, 2.75) is 27.2 Å². The van der Waals surface area contributed by atoms with Gasteiger partial charge < -0.3 is 0 Å². The minimum absolute atomic E-state index is 1.03. The zero-order chi connectivity index (χ0) is 9.56. The van der Waals surface area contributed by atoms with Crippen LogP contribution in [0.1, 0.15) is 27.2 Å². The molecule has 0 aliphatic carbocycles. The molecule has 0 unspecified atom stereocenters. The summed E-state index contributed by atoms with van der Waals surface area (Å²) in [4.78, 5) is 0. The van der Waals surface area contributed by atoms with Gasteiger partial charge in [0, 0.05) is 0 Å². The van der Waals surface area contributed by atoms with Gasteiger partial charge in [-0.05, 0) is 31.4 Å². The molecule has 0 heterocycles. The first-order valence-corrected chi connectivity index (χ1v) is 4.31. The predicted molar refractivity (Wildman–Crippen MR) is 57.1 cm³/mol. The van der Waals surface area contributed by atoms with Crippen molar-refractivity contribution in [3.63, 3.8) is 0 Å². The van der Waals surface area contributed by atoms with Crippen LogP contribution in [0, 0.1) is 0 Å². The topological polar surface area (TPSA) is 0 Å². The molecule has 0 aliphatic rings. The minimum Gasteiger partial charge on any atom is -0.0985 e. The van der Waals surface area contributed by atoms with E-state index >= 15 is 0 Å². The van der Waals surface area contributed by atoms with Crippen molar-refractivity contribution in [3.8, 4) is 0 Å². The van der Waals surface area contributed by atoms with E-state index in [2.05, 4.69) is 26.2 Å². The van der Waals surface area contributed by atoms with Crippen molar-refractivity contribution in [1.29, 1.82) is 0 Å². The van der Waals surface area contributed by atoms with Crippen LogP contribution < -0.4 is 0 Å². The molecule has 0 saturated carbocycles. The smallest absolute Gasteiger partial charge is 0.0207 e. The van der Waals surface area contributed by atoms with E-state index in [1.54, 1.807) is 0 Å². The lowest BCUT2D eigenvalue weighted by molar-refractivity contribution is 1.12. The van der Waals surface area contributed by atoms with Gasteiger partial charge in [-0.25, -0.2) is 0 Å². The Bertz CT molecular complexity index is 226. The van der Waals surface area contributed by atoms with Crippen molar-refractivity contribution in [2.75, 3.05) is 0 Å². The molecule has 0 bridgehead atoms. The van der Waals surface area contributed by atoms with Gasteiger partial charge in [0.2, 0.25) is 0 Å². The highest BCUT2D eigenvalue weighted by Gasteiger charge is 1.98. The molecule has 0 spiro atoms.